The van der Waals surface area contributed by atoms with Crippen LogP contribution in [-0.4, -0.2) is 49.1 Å². The van der Waals surface area contributed by atoms with Crippen molar-refractivity contribution in [3.05, 3.63) is 22.4 Å². The van der Waals surface area contributed by atoms with E-state index >= 15 is 0 Å². The topological polar surface area (TPSA) is 32.5 Å². The van der Waals surface area contributed by atoms with Gasteiger partial charge in [0.05, 0.1) is 6.04 Å². The van der Waals surface area contributed by atoms with Crippen molar-refractivity contribution in [1.82, 2.24) is 9.80 Å². The SMILES string of the molecule is CC(N)C(c1ccsc1)N1CC(C)C(N(C)C)C1. The molecule has 2 rings (SSSR count). The molecule has 1 aromatic heterocycles. The number of rotatable bonds is 4. The average Bonchev–Trinajstić information content (AvgIpc) is 2.88. The van der Waals surface area contributed by atoms with Gasteiger partial charge >= 0.3 is 0 Å². The van der Waals surface area contributed by atoms with Crippen LogP contribution in [0.4, 0.5) is 0 Å². The normalized spacial score (nSPS) is 28.8. The van der Waals surface area contributed by atoms with Gasteiger partial charge in [0.15, 0.2) is 0 Å². The quantitative estimate of drug-likeness (QED) is 0.906. The van der Waals surface area contributed by atoms with Crippen molar-refractivity contribution in [1.29, 1.82) is 0 Å². The lowest BCUT2D eigenvalue weighted by Gasteiger charge is -2.31. The molecule has 4 heteroatoms. The standard InChI is InChI=1S/C14H25N3S/c1-10-7-17(8-13(10)16(3)4)14(11(2)15)12-5-6-18-9-12/h5-6,9-11,13-14H,7-8,15H2,1-4H3. The van der Waals surface area contributed by atoms with E-state index in [9.17, 15) is 0 Å². The Balaban J connectivity index is 2.14. The van der Waals surface area contributed by atoms with Crippen LogP contribution in [0.3, 0.4) is 0 Å². The van der Waals surface area contributed by atoms with E-state index < -0.39 is 0 Å². The van der Waals surface area contributed by atoms with Gasteiger partial charge in [-0.3, -0.25) is 4.90 Å². The zero-order valence-electron chi connectivity index (χ0n) is 11.8. The van der Waals surface area contributed by atoms with Gasteiger partial charge in [0, 0.05) is 25.2 Å². The van der Waals surface area contributed by atoms with Crippen molar-refractivity contribution in [2.45, 2.75) is 32.0 Å². The van der Waals surface area contributed by atoms with E-state index in [0.717, 1.165) is 13.1 Å². The molecule has 2 N–H and O–H groups in total. The summed E-state index contributed by atoms with van der Waals surface area (Å²) in [5.74, 6) is 0.708. The van der Waals surface area contributed by atoms with E-state index in [4.69, 9.17) is 5.73 Å². The lowest BCUT2D eigenvalue weighted by atomic mass is 10.0. The fourth-order valence-electron chi connectivity index (χ4n) is 3.18. The maximum atomic E-state index is 6.22. The summed E-state index contributed by atoms with van der Waals surface area (Å²) in [5.41, 5.74) is 7.60. The first-order chi connectivity index (χ1) is 8.50. The first kappa shape index (κ1) is 14.0. The minimum Gasteiger partial charge on any atom is -0.326 e. The molecule has 102 valence electrons. The number of likely N-dealkylation sites (tertiary alicyclic amines) is 1. The molecule has 0 amide bonds. The highest BCUT2D eigenvalue weighted by atomic mass is 32.1. The molecule has 1 aliphatic rings. The Morgan fingerprint density at radius 2 is 2.17 bits per heavy atom. The molecule has 3 nitrogen and oxygen atoms in total. The molecular formula is C14H25N3S. The Hall–Kier alpha value is -0.420. The molecule has 1 aromatic rings. The molecule has 0 bridgehead atoms. The van der Waals surface area contributed by atoms with Gasteiger partial charge < -0.3 is 10.6 Å². The van der Waals surface area contributed by atoms with E-state index in [1.807, 2.05) is 0 Å². The van der Waals surface area contributed by atoms with E-state index in [-0.39, 0.29) is 6.04 Å². The van der Waals surface area contributed by atoms with Crippen LogP contribution in [0.1, 0.15) is 25.5 Å². The fourth-order valence-corrected chi connectivity index (χ4v) is 3.87. The third-order valence-corrected chi connectivity index (χ3v) is 4.74. The number of thiophene rings is 1. The van der Waals surface area contributed by atoms with Crippen LogP contribution in [0.5, 0.6) is 0 Å². The summed E-state index contributed by atoms with van der Waals surface area (Å²) in [6, 6.07) is 3.40. The van der Waals surface area contributed by atoms with Crippen LogP contribution in [0.2, 0.25) is 0 Å². The largest absolute Gasteiger partial charge is 0.326 e. The smallest absolute Gasteiger partial charge is 0.0505 e. The van der Waals surface area contributed by atoms with Gasteiger partial charge in [-0.2, -0.15) is 11.3 Å². The predicted molar refractivity (Wildman–Crippen MR) is 78.9 cm³/mol. The summed E-state index contributed by atoms with van der Waals surface area (Å²) in [6.45, 7) is 6.73. The second kappa shape index (κ2) is 5.70. The van der Waals surface area contributed by atoms with Crippen molar-refractivity contribution >= 4 is 11.3 Å². The molecule has 1 fully saturated rings. The predicted octanol–water partition coefficient (Wildman–Crippen LogP) is 2.02. The van der Waals surface area contributed by atoms with Crippen molar-refractivity contribution in [2.75, 3.05) is 27.2 Å². The van der Waals surface area contributed by atoms with E-state index in [0.29, 0.717) is 18.0 Å². The summed E-state index contributed by atoms with van der Waals surface area (Å²) in [4.78, 5) is 4.90. The summed E-state index contributed by atoms with van der Waals surface area (Å²) in [7, 11) is 4.35. The summed E-state index contributed by atoms with van der Waals surface area (Å²) in [5, 5.41) is 4.38. The Morgan fingerprint density at radius 3 is 2.61 bits per heavy atom. The molecule has 18 heavy (non-hydrogen) atoms. The van der Waals surface area contributed by atoms with Crippen LogP contribution < -0.4 is 5.73 Å². The molecule has 0 aromatic carbocycles. The summed E-state index contributed by atoms with van der Waals surface area (Å²) < 4.78 is 0. The number of nitrogens with zero attached hydrogens (tertiary/aromatic N) is 2. The second-order valence-corrected chi connectivity index (χ2v) is 6.60. The zero-order valence-corrected chi connectivity index (χ0v) is 12.7. The second-order valence-electron chi connectivity index (χ2n) is 5.82. The molecule has 4 unspecified atom stereocenters. The van der Waals surface area contributed by atoms with Crippen molar-refractivity contribution in [2.24, 2.45) is 11.7 Å². The molecule has 0 radical (unpaired) electrons. The summed E-state index contributed by atoms with van der Waals surface area (Å²) >= 11 is 1.76. The van der Waals surface area contributed by atoms with Gasteiger partial charge in [-0.15, -0.1) is 0 Å². The minimum atomic E-state index is 0.174. The third-order valence-electron chi connectivity index (χ3n) is 4.04. The summed E-state index contributed by atoms with van der Waals surface area (Å²) in [6.07, 6.45) is 0. The van der Waals surface area contributed by atoms with Gasteiger partial charge in [-0.25, -0.2) is 0 Å². The van der Waals surface area contributed by atoms with Gasteiger partial charge in [0.1, 0.15) is 0 Å². The molecule has 0 saturated carbocycles. The highest BCUT2D eigenvalue weighted by Gasteiger charge is 2.36. The Labute approximate surface area is 115 Å². The third kappa shape index (κ3) is 2.77. The molecule has 4 atom stereocenters. The lowest BCUT2D eigenvalue weighted by molar-refractivity contribution is 0.197. The van der Waals surface area contributed by atoms with Crippen LogP contribution in [0.15, 0.2) is 16.8 Å². The molecule has 1 aliphatic heterocycles. The molecule has 2 heterocycles. The minimum absolute atomic E-state index is 0.174. The first-order valence-electron chi connectivity index (χ1n) is 6.69. The monoisotopic (exact) mass is 267 g/mol. The van der Waals surface area contributed by atoms with Crippen LogP contribution >= 0.6 is 11.3 Å². The maximum absolute atomic E-state index is 6.22. The van der Waals surface area contributed by atoms with Gasteiger partial charge in [-0.1, -0.05) is 6.92 Å². The Kier molecular flexibility index (Phi) is 4.43. The van der Waals surface area contributed by atoms with Crippen molar-refractivity contribution in [3.8, 4) is 0 Å². The van der Waals surface area contributed by atoms with E-state index in [1.165, 1.54) is 5.56 Å². The van der Waals surface area contributed by atoms with E-state index in [2.05, 4.69) is 54.6 Å². The fraction of sp³-hybridized carbons (Fsp3) is 0.714. The molecule has 1 saturated heterocycles. The Bertz CT molecular complexity index is 361. The van der Waals surface area contributed by atoms with Crippen LogP contribution in [0.25, 0.3) is 0 Å². The first-order valence-corrected chi connectivity index (χ1v) is 7.63. The van der Waals surface area contributed by atoms with Gasteiger partial charge in [-0.05, 0) is 49.3 Å². The number of nitrogens with two attached hydrogens (primary N) is 1. The molecule has 0 aliphatic carbocycles. The van der Waals surface area contributed by atoms with Crippen molar-refractivity contribution < 1.29 is 0 Å². The highest BCUT2D eigenvalue weighted by molar-refractivity contribution is 7.07. The zero-order chi connectivity index (χ0) is 13.3. The average molecular weight is 267 g/mol. The van der Waals surface area contributed by atoms with Crippen molar-refractivity contribution in [3.63, 3.8) is 0 Å². The number of hydrogen-bond acceptors (Lipinski definition) is 4. The number of likely N-dealkylation sites (N-methyl/N-ethyl adjacent to an activating group) is 1. The maximum Gasteiger partial charge on any atom is 0.0505 e. The van der Waals surface area contributed by atoms with Gasteiger partial charge in [0.2, 0.25) is 0 Å². The van der Waals surface area contributed by atoms with Crippen LogP contribution in [0, 0.1) is 5.92 Å². The Morgan fingerprint density at radius 1 is 1.44 bits per heavy atom. The van der Waals surface area contributed by atoms with Gasteiger partial charge in [0.25, 0.3) is 0 Å². The molecular weight excluding hydrogens is 242 g/mol. The lowest BCUT2D eigenvalue weighted by Crippen LogP contribution is -2.40. The van der Waals surface area contributed by atoms with Crippen LogP contribution in [-0.2, 0) is 0 Å². The highest BCUT2D eigenvalue weighted by Crippen LogP contribution is 2.32. The van der Waals surface area contributed by atoms with E-state index in [1.54, 1.807) is 11.3 Å². The number of hydrogen-bond donors (Lipinski definition) is 1. The molecule has 0 spiro atoms.